The number of aromatic nitrogens is 1. The molecule has 1 aromatic rings. The number of nitrogens with zero attached hydrogens (tertiary/aromatic N) is 2. The van der Waals surface area contributed by atoms with E-state index in [2.05, 4.69) is 16.8 Å². The molecule has 0 bridgehead atoms. The zero-order valence-corrected chi connectivity index (χ0v) is 11.7. The summed E-state index contributed by atoms with van der Waals surface area (Å²) >= 11 is 0. The van der Waals surface area contributed by atoms with Gasteiger partial charge in [0.05, 0.1) is 0 Å². The summed E-state index contributed by atoms with van der Waals surface area (Å²) in [5.74, 6) is 0.971. The minimum atomic E-state index is 0.0662. The highest BCUT2D eigenvalue weighted by molar-refractivity contribution is 5.94. The van der Waals surface area contributed by atoms with E-state index in [0.29, 0.717) is 5.69 Å². The van der Waals surface area contributed by atoms with Gasteiger partial charge in [0.2, 0.25) is 0 Å². The Balaban J connectivity index is 1.94. The second-order valence-corrected chi connectivity index (χ2v) is 5.43. The van der Waals surface area contributed by atoms with E-state index >= 15 is 0 Å². The first-order valence-electron chi connectivity index (χ1n) is 7.21. The van der Waals surface area contributed by atoms with Gasteiger partial charge in [-0.1, -0.05) is 25.8 Å². The molecule has 1 aliphatic heterocycles. The molecule has 104 valence electrons. The van der Waals surface area contributed by atoms with Crippen LogP contribution in [0.4, 0.5) is 0 Å². The van der Waals surface area contributed by atoms with Gasteiger partial charge < -0.3 is 5.73 Å². The zero-order valence-electron chi connectivity index (χ0n) is 11.7. The number of pyridine rings is 1. The number of nitrogens with one attached hydrogen (secondary N) is 1. The lowest BCUT2D eigenvalue weighted by Crippen LogP contribution is -2.34. The van der Waals surface area contributed by atoms with E-state index in [4.69, 9.17) is 11.1 Å². The smallest absolute Gasteiger partial charge is 0.142 e. The Morgan fingerprint density at radius 1 is 1.47 bits per heavy atom. The largest absolute Gasteiger partial charge is 0.382 e. The van der Waals surface area contributed by atoms with Crippen LogP contribution in [0.15, 0.2) is 18.3 Å². The number of piperidine rings is 1. The van der Waals surface area contributed by atoms with E-state index in [1.807, 2.05) is 12.1 Å². The molecule has 4 heteroatoms. The molecule has 19 heavy (non-hydrogen) atoms. The molecule has 4 nitrogen and oxygen atoms in total. The van der Waals surface area contributed by atoms with Gasteiger partial charge in [0.25, 0.3) is 0 Å². The highest BCUT2D eigenvalue weighted by Gasteiger charge is 2.19. The monoisotopic (exact) mass is 260 g/mol. The molecule has 0 aromatic carbocycles. The molecule has 0 spiro atoms. The van der Waals surface area contributed by atoms with Crippen LogP contribution >= 0.6 is 0 Å². The highest BCUT2D eigenvalue weighted by atomic mass is 15.1. The van der Waals surface area contributed by atoms with Gasteiger partial charge in [-0.25, -0.2) is 0 Å². The summed E-state index contributed by atoms with van der Waals surface area (Å²) in [6.45, 7) is 5.43. The molecule has 0 aliphatic carbocycles. The Morgan fingerprint density at radius 2 is 2.21 bits per heavy atom. The third-order valence-electron chi connectivity index (χ3n) is 3.94. The molecule has 0 radical (unpaired) electrons. The fourth-order valence-electron chi connectivity index (χ4n) is 2.89. The summed E-state index contributed by atoms with van der Waals surface area (Å²) in [6.07, 6.45) is 6.95. The quantitative estimate of drug-likeness (QED) is 0.631. The number of rotatable bonds is 5. The minimum Gasteiger partial charge on any atom is -0.382 e. The lowest BCUT2D eigenvalue weighted by molar-refractivity contribution is 0.171. The van der Waals surface area contributed by atoms with Crippen molar-refractivity contribution in [2.75, 3.05) is 13.1 Å². The second-order valence-electron chi connectivity index (χ2n) is 5.43. The Morgan fingerprint density at radius 3 is 2.84 bits per heavy atom. The van der Waals surface area contributed by atoms with E-state index in [1.165, 1.54) is 25.7 Å². The number of likely N-dealkylation sites (tertiary alicyclic amines) is 1. The molecule has 1 aromatic heterocycles. The lowest BCUT2D eigenvalue weighted by atomic mass is 9.92. The molecule has 0 saturated carbocycles. The molecular formula is C15H24N4. The second kappa shape index (κ2) is 6.66. The summed E-state index contributed by atoms with van der Waals surface area (Å²) in [5, 5.41) is 7.58. The maximum absolute atomic E-state index is 7.58. The molecule has 0 unspecified atom stereocenters. The number of amidine groups is 1. The minimum absolute atomic E-state index is 0.0662. The third-order valence-corrected chi connectivity index (χ3v) is 3.94. The van der Waals surface area contributed by atoms with E-state index in [9.17, 15) is 0 Å². The maximum atomic E-state index is 7.58. The summed E-state index contributed by atoms with van der Waals surface area (Å²) in [4.78, 5) is 6.67. The highest BCUT2D eigenvalue weighted by Crippen LogP contribution is 2.23. The van der Waals surface area contributed by atoms with E-state index in [-0.39, 0.29) is 5.84 Å². The molecular weight excluding hydrogens is 236 g/mol. The van der Waals surface area contributed by atoms with Crippen molar-refractivity contribution in [1.82, 2.24) is 9.88 Å². The zero-order chi connectivity index (χ0) is 13.7. The van der Waals surface area contributed by atoms with Crippen molar-refractivity contribution in [3.8, 4) is 0 Å². The van der Waals surface area contributed by atoms with Gasteiger partial charge in [-0.3, -0.25) is 15.3 Å². The number of hydrogen-bond acceptors (Lipinski definition) is 3. The van der Waals surface area contributed by atoms with Gasteiger partial charge in [0.1, 0.15) is 11.5 Å². The molecule has 1 saturated heterocycles. The molecule has 3 N–H and O–H groups in total. The maximum Gasteiger partial charge on any atom is 0.142 e. The summed E-state index contributed by atoms with van der Waals surface area (Å²) in [6, 6.07) is 3.95. The number of nitrogens with two attached hydrogens (primary N) is 1. The van der Waals surface area contributed by atoms with Crippen LogP contribution in [-0.4, -0.2) is 28.8 Å². The summed E-state index contributed by atoms with van der Waals surface area (Å²) < 4.78 is 0. The van der Waals surface area contributed by atoms with Crippen molar-refractivity contribution in [3.63, 3.8) is 0 Å². The first-order chi connectivity index (χ1) is 9.20. The molecule has 2 heterocycles. The third kappa shape index (κ3) is 3.77. The lowest BCUT2D eigenvalue weighted by Gasteiger charge is -2.32. The predicted octanol–water partition coefficient (Wildman–Crippen LogP) is 2.38. The first kappa shape index (κ1) is 14.0. The Bertz CT molecular complexity index is 422. The van der Waals surface area contributed by atoms with Crippen molar-refractivity contribution in [3.05, 3.63) is 29.6 Å². The average Bonchev–Trinajstić information content (AvgIpc) is 2.42. The normalized spacial score (nSPS) is 17.5. The van der Waals surface area contributed by atoms with Crippen LogP contribution in [-0.2, 0) is 6.54 Å². The Labute approximate surface area is 115 Å². The van der Waals surface area contributed by atoms with Crippen molar-refractivity contribution in [2.45, 2.75) is 39.2 Å². The van der Waals surface area contributed by atoms with E-state index in [1.54, 1.807) is 6.20 Å². The Kier molecular flexibility index (Phi) is 4.91. The molecule has 1 fully saturated rings. The predicted molar refractivity (Wildman–Crippen MR) is 78.2 cm³/mol. The number of nitrogen functional groups attached to an aromatic ring is 1. The van der Waals surface area contributed by atoms with Gasteiger partial charge in [-0.05, 0) is 43.5 Å². The molecule has 1 aliphatic rings. The molecule has 2 rings (SSSR count). The van der Waals surface area contributed by atoms with E-state index < -0.39 is 0 Å². The van der Waals surface area contributed by atoms with Gasteiger partial charge >= 0.3 is 0 Å². The van der Waals surface area contributed by atoms with Crippen molar-refractivity contribution < 1.29 is 0 Å². The van der Waals surface area contributed by atoms with Crippen LogP contribution in [0.5, 0.6) is 0 Å². The van der Waals surface area contributed by atoms with E-state index in [0.717, 1.165) is 31.1 Å². The summed E-state index contributed by atoms with van der Waals surface area (Å²) in [7, 11) is 0. The fourth-order valence-corrected chi connectivity index (χ4v) is 2.89. The van der Waals surface area contributed by atoms with Crippen LogP contribution in [0.1, 0.15) is 43.9 Å². The van der Waals surface area contributed by atoms with Crippen LogP contribution in [0.25, 0.3) is 0 Å². The van der Waals surface area contributed by atoms with Crippen LogP contribution in [0, 0.1) is 11.3 Å². The molecule has 0 atom stereocenters. The Hall–Kier alpha value is -1.42. The van der Waals surface area contributed by atoms with Gasteiger partial charge in [-0.15, -0.1) is 0 Å². The standard InChI is InChI=1S/C15H24N4/c1-2-4-12-6-9-19(10-7-12)11-13-5-3-8-18-14(13)15(16)17/h3,5,8,12H,2,4,6-7,9-11H2,1H3,(H3,16,17). The van der Waals surface area contributed by atoms with Crippen molar-refractivity contribution in [2.24, 2.45) is 11.7 Å². The van der Waals surface area contributed by atoms with Gasteiger partial charge in [0, 0.05) is 12.7 Å². The van der Waals surface area contributed by atoms with Crippen LogP contribution < -0.4 is 5.73 Å². The SMILES string of the molecule is CCCC1CCN(Cc2cccnc2C(=N)N)CC1. The first-order valence-corrected chi connectivity index (χ1v) is 7.21. The van der Waals surface area contributed by atoms with Gasteiger partial charge in [0.15, 0.2) is 0 Å². The number of hydrogen-bond donors (Lipinski definition) is 2. The average molecular weight is 260 g/mol. The summed E-state index contributed by atoms with van der Waals surface area (Å²) in [5.41, 5.74) is 7.29. The fraction of sp³-hybridized carbons (Fsp3) is 0.600. The van der Waals surface area contributed by atoms with Crippen LogP contribution in [0.3, 0.4) is 0 Å². The van der Waals surface area contributed by atoms with Crippen molar-refractivity contribution in [1.29, 1.82) is 5.41 Å². The van der Waals surface area contributed by atoms with Crippen molar-refractivity contribution >= 4 is 5.84 Å². The molecule has 0 amide bonds. The topological polar surface area (TPSA) is 66.0 Å². The van der Waals surface area contributed by atoms with Gasteiger partial charge in [-0.2, -0.15) is 0 Å². The van der Waals surface area contributed by atoms with Crippen LogP contribution in [0.2, 0.25) is 0 Å².